The van der Waals surface area contributed by atoms with Crippen molar-refractivity contribution in [1.29, 1.82) is 0 Å². The monoisotopic (exact) mass is 206 g/mol. The van der Waals surface area contributed by atoms with Crippen LogP contribution < -0.4 is 0 Å². The molecule has 0 aromatic carbocycles. The predicted molar refractivity (Wildman–Crippen MR) is 59.2 cm³/mol. The van der Waals surface area contributed by atoms with E-state index in [2.05, 4.69) is 20.1 Å². The van der Waals surface area contributed by atoms with Gasteiger partial charge in [-0.1, -0.05) is 13.8 Å². The highest BCUT2D eigenvalue weighted by Gasteiger charge is 2.59. The third-order valence-corrected chi connectivity index (χ3v) is 4.56. The van der Waals surface area contributed by atoms with Crippen LogP contribution in [0.15, 0.2) is 0 Å². The second-order valence-electron chi connectivity index (χ2n) is 4.57. The van der Waals surface area contributed by atoms with Crippen molar-refractivity contribution >= 4 is 23.4 Å². The molecule has 0 bridgehead atoms. The van der Waals surface area contributed by atoms with Gasteiger partial charge in [-0.15, -0.1) is 11.6 Å². The van der Waals surface area contributed by atoms with Crippen LogP contribution in [0, 0.1) is 10.8 Å². The summed E-state index contributed by atoms with van der Waals surface area (Å²) in [5.74, 6) is 2.14. The van der Waals surface area contributed by atoms with Gasteiger partial charge in [0.05, 0.1) is 0 Å². The van der Waals surface area contributed by atoms with Crippen molar-refractivity contribution in [1.82, 2.24) is 0 Å². The summed E-state index contributed by atoms with van der Waals surface area (Å²) in [6.45, 7) is 4.68. The predicted octanol–water partition coefficient (Wildman–Crippen LogP) is 3.78. The van der Waals surface area contributed by atoms with Crippen LogP contribution in [0.1, 0.15) is 33.1 Å². The van der Waals surface area contributed by atoms with Gasteiger partial charge < -0.3 is 0 Å². The lowest BCUT2D eigenvalue weighted by atomic mass is 9.93. The van der Waals surface area contributed by atoms with E-state index in [0.29, 0.717) is 10.8 Å². The zero-order valence-corrected chi connectivity index (χ0v) is 9.89. The fourth-order valence-electron chi connectivity index (χ4n) is 2.08. The molecule has 72 valence electrons. The normalized spacial score (nSPS) is 32.0. The van der Waals surface area contributed by atoms with E-state index >= 15 is 0 Å². The van der Waals surface area contributed by atoms with Crippen LogP contribution in [0.3, 0.4) is 0 Å². The number of alkyl halides is 1. The van der Waals surface area contributed by atoms with Gasteiger partial charge in [0, 0.05) is 5.88 Å². The highest BCUT2D eigenvalue weighted by molar-refractivity contribution is 7.98. The minimum absolute atomic E-state index is 0.490. The summed E-state index contributed by atoms with van der Waals surface area (Å²) < 4.78 is 0. The smallest absolute Gasteiger partial charge is 0.0285 e. The molecule has 1 fully saturated rings. The molecule has 1 aliphatic rings. The largest absolute Gasteiger partial charge is 0.165 e. The first-order chi connectivity index (χ1) is 5.58. The first-order valence-electron chi connectivity index (χ1n) is 4.63. The SMILES string of the molecule is CSCCCC1(CCl)CC1(C)C. The molecule has 0 N–H and O–H groups in total. The molecule has 2 heteroatoms. The molecule has 12 heavy (non-hydrogen) atoms. The van der Waals surface area contributed by atoms with Crippen molar-refractivity contribution in [3.05, 3.63) is 0 Å². The highest BCUT2D eigenvalue weighted by atomic mass is 35.5. The van der Waals surface area contributed by atoms with Crippen molar-refractivity contribution in [2.75, 3.05) is 17.9 Å². The summed E-state index contributed by atoms with van der Waals surface area (Å²) in [6, 6.07) is 0. The number of hydrogen-bond donors (Lipinski definition) is 0. The van der Waals surface area contributed by atoms with E-state index in [-0.39, 0.29) is 0 Å². The van der Waals surface area contributed by atoms with Gasteiger partial charge in [0.2, 0.25) is 0 Å². The minimum Gasteiger partial charge on any atom is -0.165 e. The quantitative estimate of drug-likeness (QED) is 0.487. The lowest BCUT2D eigenvalue weighted by Gasteiger charge is -2.16. The second-order valence-corrected chi connectivity index (χ2v) is 5.82. The van der Waals surface area contributed by atoms with E-state index in [1.54, 1.807) is 0 Å². The molecule has 0 saturated heterocycles. The van der Waals surface area contributed by atoms with Crippen LogP contribution in [0.4, 0.5) is 0 Å². The summed E-state index contributed by atoms with van der Waals surface area (Å²) >= 11 is 7.95. The summed E-state index contributed by atoms with van der Waals surface area (Å²) in [6.07, 6.45) is 6.16. The molecule has 1 unspecified atom stereocenters. The van der Waals surface area contributed by atoms with Crippen LogP contribution in [0.2, 0.25) is 0 Å². The van der Waals surface area contributed by atoms with Crippen LogP contribution >= 0.6 is 23.4 Å². The Hall–Kier alpha value is 0.640. The van der Waals surface area contributed by atoms with Gasteiger partial charge >= 0.3 is 0 Å². The Morgan fingerprint density at radius 2 is 2.00 bits per heavy atom. The summed E-state index contributed by atoms with van der Waals surface area (Å²) in [7, 11) is 0. The molecule has 0 aromatic heterocycles. The zero-order valence-electron chi connectivity index (χ0n) is 8.32. The Morgan fingerprint density at radius 3 is 2.33 bits per heavy atom. The van der Waals surface area contributed by atoms with Crippen LogP contribution in [-0.4, -0.2) is 17.9 Å². The van der Waals surface area contributed by atoms with Crippen molar-refractivity contribution in [2.45, 2.75) is 33.1 Å². The van der Waals surface area contributed by atoms with Crippen LogP contribution in [-0.2, 0) is 0 Å². The Labute approximate surface area is 85.4 Å². The molecule has 0 spiro atoms. The second kappa shape index (κ2) is 3.79. The Balaban J connectivity index is 2.30. The van der Waals surface area contributed by atoms with Crippen LogP contribution in [0.25, 0.3) is 0 Å². The lowest BCUT2D eigenvalue weighted by Crippen LogP contribution is -2.11. The van der Waals surface area contributed by atoms with Crippen molar-refractivity contribution in [2.24, 2.45) is 10.8 Å². The molecule has 0 nitrogen and oxygen atoms in total. The Morgan fingerprint density at radius 1 is 1.42 bits per heavy atom. The molecule has 1 saturated carbocycles. The van der Waals surface area contributed by atoms with Crippen molar-refractivity contribution in [3.63, 3.8) is 0 Å². The lowest BCUT2D eigenvalue weighted by molar-refractivity contribution is 0.393. The Bertz CT molecular complexity index is 156. The Kier molecular flexibility index (Phi) is 3.39. The number of halogens is 1. The third-order valence-electron chi connectivity index (χ3n) is 3.35. The molecule has 0 aromatic rings. The first kappa shape index (κ1) is 10.7. The van der Waals surface area contributed by atoms with E-state index in [1.165, 1.54) is 25.0 Å². The topological polar surface area (TPSA) is 0 Å². The summed E-state index contributed by atoms with van der Waals surface area (Å²) in [5.41, 5.74) is 1.01. The fourth-order valence-corrected chi connectivity index (χ4v) is 3.10. The molecule has 1 aliphatic carbocycles. The minimum atomic E-state index is 0.490. The zero-order chi connectivity index (χ0) is 9.24. The first-order valence-corrected chi connectivity index (χ1v) is 6.56. The molecule has 1 atom stereocenters. The van der Waals surface area contributed by atoms with Gasteiger partial charge in [0.15, 0.2) is 0 Å². The number of rotatable bonds is 5. The average molecular weight is 207 g/mol. The van der Waals surface area contributed by atoms with Gasteiger partial charge in [-0.2, -0.15) is 11.8 Å². The van der Waals surface area contributed by atoms with Crippen molar-refractivity contribution < 1.29 is 0 Å². The van der Waals surface area contributed by atoms with Gasteiger partial charge in [0.1, 0.15) is 0 Å². The molecular formula is C10H19ClS. The average Bonchev–Trinajstić information content (AvgIpc) is 2.55. The molecule has 0 radical (unpaired) electrons. The number of hydrogen-bond acceptors (Lipinski definition) is 1. The molecule has 0 heterocycles. The van der Waals surface area contributed by atoms with E-state index in [0.717, 1.165) is 5.88 Å². The van der Waals surface area contributed by atoms with Crippen molar-refractivity contribution in [3.8, 4) is 0 Å². The van der Waals surface area contributed by atoms with E-state index in [1.807, 2.05) is 11.8 Å². The number of thioether (sulfide) groups is 1. The van der Waals surface area contributed by atoms with Gasteiger partial charge in [-0.3, -0.25) is 0 Å². The highest BCUT2D eigenvalue weighted by Crippen LogP contribution is 2.66. The fraction of sp³-hybridized carbons (Fsp3) is 1.00. The molecule has 1 rings (SSSR count). The standard InChI is InChI=1S/C10H19ClS/c1-9(2)7-10(9,8-11)5-4-6-12-3/h4-8H2,1-3H3. The van der Waals surface area contributed by atoms with Crippen LogP contribution in [0.5, 0.6) is 0 Å². The van der Waals surface area contributed by atoms with E-state index < -0.39 is 0 Å². The maximum atomic E-state index is 6.01. The van der Waals surface area contributed by atoms with Gasteiger partial charge in [-0.05, 0) is 42.1 Å². The maximum Gasteiger partial charge on any atom is 0.0285 e. The van der Waals surface area contributed by atoms with Gasteiger partial charge in [0.25, 0.3) is 0 Å². The molecular weight excluding hydrogens is 188 g/mol. The molecule has 0 aliphatic heterocycles. The van der Waals surface area contributed by atoms with E-state index in [4.69, 9.17) is 11.6 Å². The molecule has 0 amide bonds. The third kappa shape index (κ3) is 1.93. The van der Waals surface area contributed by atoms with E-state index in [9.17, 15) is 0 Å². The maximum absolute atomic E-state index is 6.01. The summed E-state index contributed by atoms with van der Waals surface area (Å²) in [4.78, 5) is 0. The summed E-state index contributed by atoms with van der Waals surface area (Å²) in [5, 5.41) is 0. The van der Waals surface area contributed by atoms with Gasteiger partial charge in [-0.25, -0.2) is 0 Å².